The van der Waals surface area contributed by atoms with Crippen molar-refractivity contribution in [1.29, 1.82) is 5.26 Å². The van der Waals surface area contributed by atoms with Crippen molar-refractivity contribution in [2.45, 2.75) is 82.0 Å². The Morgan fingerprint density at radius 2 is 2.07 bits per heavy atom. The van der Waals surface area contributed by atoms with Gasteiger partial charge in [-0.1, -0.05) is 11.2 Å². The summed E-state index contributed by atoms with van der Waals surface area (Å²) in [5, 5.41) is 24.9. The van der Waals surface area contributed by atoms with E-state index in [0.717, 1.165) is 79.8 Å². The zero-order valence-corrected chi connectivity index (χ0v) is 23.8. The van der Waals surface area contributed by atoms with E-state index in [9.17, 15) is 10.4 Å². The second-order valence-corrected chi connectivity index (χ2v) is 12.2. The summed E-state index contributed by atoms with van der Waals surface area (Å²) in [7, 11) is 2.14. The van der Waals surface area contributed by atoms with Gasteiger partial charge in [0, 0.05) is 36.4 Å². The number of nitriles is 1. The molecule has 2 saturated heterocycles. The molecule has 2 aromatic heterocycles. The molecule has 41 heavy (non-hydrogen) atoms. The minimum Gasteiger partial charge on any atom is -0.473 e. The molecule has 0 amide bonds. The van der Waals surface area contributed by atoms with Crippen LogP contribution in [0.15, 0.2) is 22.7 Å². The Balaban J connectivity index is 1.31. The summed E-state index contributed by atoms with van der Waals surface area (Å²) in [6.45, 7) is 4.41. The quantitative estimate of drug-likeness (QED) is 0.449. The minimum atomic E-state index is -0.424. The molecule has 1 spiro atoms. The highest BCUT2D eigenvalue weighted by atomic mass is 16.5. The number of likely N-dealkylation sites (tertiary alicyclic amines) is 1. The molecule has 0 unspecified atom stereocenters. The monoisotopic (exact) mass is 555 g/mol. The Bertz CT molecular complexity index is 1530. The highest BCUT2D eigenvalue weighted by molar-refractivity contribution is 5.68. The van der Waals surface area contributed by atoms with E-state index in [1.54, 1.807) is 0 Å². The van der Waals surface area contributed by atoms with Crippen LogP contribution in [0.4, 0.5) is 11.5 Å². The number of β-amino-alcohol motifs (C(OH)–C–C–N with tert-alkyl or cyclic N) is 1. The van der Waals surface area contributed by atoms with Gasteiger partial charge in [-0.25, -0.2) is 4.98 Å². The molecule has 3 aromatic rings. The van der Waals surface area contributed by atoms with Gasteiger partial charge in [0.05, 0.1) is 17.1 Å². The number of ether oxygens (including phenoxy) is 1. The van der Waals surface area contributed by atoms with Gasteiger partial charge in [0.25, 0.3) is 0 Å². The first-order valence-electron chi connectivity index (χ1n) is 14.9. The highest BCUT2D eigenvalue weighted by Crippen LogP contribution is 2.54. The Hall–Kier alpha value is -3.68. The first-order chi connectivity index (χ1) is 19.9. The van der Waals surface area contributed by atoms with Gasteiger partial charge in [-0.3, -0.25) is 4.90 Å². The molecule has 7 rings (SSSR count). The van der Waals surface area contributed by atoms with Gasteiger partial charge >= 0.3 is 0 Å². The van der Waals surface area contributed by atoms with Crippen LogP contribution in [-0.2, 0) is 18.3 Å². The smallest absolute Gasteiger partial charge is 0.219 e. The lowest BCUT2D eigenvalue weighted by molar-refractivity contribution is 0.117. The van der Waals surface area contributed by atoms with Crippen molar-refractivity contribution in [3.05, 3.63) is 46.2 Å². The molecule has 4 atom stereocenters. The van der Waals surface area contributed by atoms with Crippen molar-refractivity contribution in [1.82, 2.24) is 20.0 Å². The first-order valence-corrected chi connectivity index (χ1v) is 14.9. The van der Waals surface area contributed by atoms with Crippen molar-refractivity contribution in [3.63, 3.8) is 0 Å². The van der Waals surface area contributed by atoms with Gasteiger partial charge in [0.2, 0.25) is 5.88 Å². The predicted molar refractivity (Wildman–Crippen MR) is 154 cm³/mol. The van der Waals surface area contributed by atoms with Crippen molar-refractivity contribution in [3.8, 4) is 23.5 Å². The lowest BCUT2D eigenvalue weighted by Gasteiger charge is -2.33. The maximum absolute atomic E-state index is 10.2. The van der Waals surface area contributed by atoms with Gasteiger partial charge in [0.15, 0.2) is 17.3 Å². The Morgan fingerprint density at radius 3 is 2.83 bits per heavy atom. The molecule has 10 nitrogen and oxygen atoms in total. The van der Waals surface area contributed by atoms with Crippen LogP contribution in [0.5, 0.6) is 5.88 Å². The van der Waals surface area contributed by atoms with Crippen LogP contribution in [0.3, 0.4) is 0 Å². The van der Waals surface area contributed by atoms with Gasteiger partial charge in [-0.2, -0.15) is 10.2 Å². The second-order valence-electron chi connectivity index (χ2n) is 12.2. The molecule has 3 N–H and O–H groups in total. The largest absolute Gasteiger partial charge is 0.473 e. The molecule has 214 valence electrons. The maximum Gasteiger partial charge on any atom is 0.219 e. The van der Waals surface area contributed by atoms with E-state index in [4.69, 9.17) is 25.0 Å². The van der Waals surface area contributed by atoms with Gasteiger partial charge in [-0.15, -0.1) is 0 Å². The summed E-state index contributed by atoms with van der Waals surface area (Å²) in [5.41, 5.74) is 10.7. The average molecular weight is 556 g/mol. The van der Waals surface area contributed by atoms with Crippen LogP contribution in [0.2, 0.25) is 0 Å². The molecule has 0 saturated carbocycles. The SMILES string of the molecule is C[C@H](Oc1cc(N2CC[C@H](O)C2)nc(-c2noc3c2CCC[C@@]32CCc3ccc(N)c(C#N)c32)n1)[C@@H]1CCCN1C. The second kappa shape index (κ2) is 10.00. The van der Waals surface area contributed by atoms with Crippen LogP contribution in [0.25, 0.3) is 11.5 Å². The zero-order valence-electron chi connectivity index (χ0n) is 23.8. The molecular weight excluding hydrogens is 518 g/mol. The number of anilines is 2. The summed E-state index contributed by atoms with van der Waals surface area (Å²) in [5.74, 6) is 2.52. The number of nitrogen functional groups attached to an aromatic ring is 1. The highest BCUT2D eigenvalue weighted by Gasteiger charge is 2.49. The lowest BCUT2D eigenvalue weighted by Crippen LogP contribution is -2.38. The number of hydrogen-bond acceptors (Lipinski definition) is 10. The van der Waals surface area contributed by atoms with Crippen LogP contribution in [0, 0.1) is 11.3 Å². The maximum atomic E-state index is 10.2. The molecule has 4 aliphatic rings. The fourth-order valence-electron chi connectivity index (χ4n) is 7.75. The number of rotatable bonds is 5. The Kier molecular flexibility index (Phi) is 6.40. The number of fused-ring (bicyclic) bond motifs is 4. The number of aliphatic hydroxyl groups excluding tert-OH is 1. The van der Waals surface area contributed by atoms with Crippen LogP contribution in [-0.4, -0.2) is 70.1 Å². The molecule has 2 aliphatic carbocycles. The molecule has 10 heteroatoms. The first kappa shape index (κ1) is 26.2. The number of likely N-dealkylation sites (N-methyl/N-ethyl adjacent to an activating group) is 1. The van der Waals surface area contributed by atoms with Gasteiger partial charge in [-0.05, 0) is 89.1 Å². The summed E-state index contributed by atoms with van der Waals surface area (Å²) in [6, 6.07) is 8.48. The zero-order chi connectivity index (χ0) is 28.3. The van der Waals surface area contributed by atoms with E-state index in [1.165, 1.54) is 0 Å². The fourth-order valence-corrected chi connectivity index (χ4v) is 7.75. The predicted octanol–water partition coefficient (Wildman–Crippen LogP) is 3.59. The van der Waals surface area contributed by atoms with E-state index in [2.05, 4.69) is 41.1 Å². The lowest BCUT2D eigenvalue weighted by atomic mass is 9.68. The average Bonchev–Trinajstić information content (AvgIpc) is 3.76. The van der Waals surface area contributed by atoms with E-state index in [-0.39, 0.29) is 12.2 Å². The van der Waals surface area contributed by atoms with Gasteiger partial charge < -0.3 is 25.0 Å². The molecule has 1 aromatic carbocycles. The van der Waals surface area contributed by atoms with Crippen molar-refractivity contribution in [2.24, 2.45) is 0 Å². The third kappa shape index (κ3) is 4.25. The molecule has 0 bridgehead atoms. The number of nitrogens with two attached hydrogens (primary N) is 1. The summed E-state index contributed by atoms with van der Waals surface area (Å²) >= 11 is 0. The van der Waals surface area contributed by atoms with Crippen LogP contribution >= 0.6 is 0 Å². The molecule has 0 radical (unpaired) electrons. The van der Waals surface area contributed by atoms with E-state index < -0.39 is 5.41 Å². The third-order valence-electron chi connectivity index (χ3n) is 9.80. The molecule has 2 fully saturated rings. The van der Waals surface area contributed by atoms with Crippen LogP contribution < -0.4 is 15.4 Å². The number of aliphatic hydroxyl groups is 1. The number of aryl methyl sites for hydroxylation is 1. The van der Waals surface area contributed by atoms with Crippen molar-refractivity contribution >= 4 is 11.5 Å². The molecule has 4 heterocycles. The third-order valence-corrected chi connectivity index (χ3v) is 9.80. The van der Waals surface area contributed by atoms with Gasteiger partial charge in [0.1, 0.15) is 18.0 Å². The van der Waals surface area contributed by atoms with Crippen molar-refractivity contribution in [2.75, 3.05) is 37.3 Å². The fraction of sp³-hybridized carbons (Fsp3) is 0.548. The normalized spacial score (nSPS) is 26.2. The minimum absolute atomic E-state index is 0.0402. The van der Waals surface area contributed by atoms with E-state index in [1.807, 2.05) is 12.1 Å². The standard InChI is InChI=1S/C31H37N7O3/c1-18(24-6-4-13-37(24)2)40-26-15-25(38-14-10-20(39)17-38)34-30(35-26)28-21-5-3-11-31(29(21)41-36-28)12-9-19-7-8-23(33)22(16-32)27(19)31/h7-8,15,18,20,24,39H,3-6,9-14,17,33H2,1-2H3/t18-,20-,24-,31-/m0/s1. The molecular formula is C31H37N7O3. The number of aromatic nitrogens is 3. The van der Waals surface area contributed by atoms with Crippen LogP contribution in [0.1, 0.15) is 73.5 Å². The Morgan fingerprint density at radius 1 is 1.20 bits per heavy atom. The topological polar surface area (TPSA) is 138 Å². The van der Waals surface area contributed by atoms with E-state index in [0.29, 0.717) is 54.2 Å². The number of hydrogen-bond donors (Lipinski definition) is 2. The summed E-state index contributed by atoms with van der Waals surface area (Å²) in [6.07, 6.45) is 6.88. The van der Waals surface area contributed by atoms with Crippen molar-refractivity contribution < 1.29 is 14.4 Å². The summed E-state index contributed by atoms with van der Waals surface area (Å²) < 4.78 is 12.7. The van der Waals surface area contributed by atoms with E-state index >= 15 is 0 Å². The number of nitrogens with zero attached hydrogens (tertiary/aromatic N) is 6. The summed E-state index contributed by atoms with van der Waals surface area (Å²) in [4.78, 5) is 14.3. The Labute approximate surface area is 240 Å². The number of benzene rings is 1. The molecule has 2 aliphatic heterocycles.